The van der Waals surface area contributed by atoms with Crippen molar-refractivity contribution in [2.24, 2.45) is 0 Å². The summed E-state index contributed by atoms with van der Waals surface area (Å²) in [4.78, 5) is 19.7. The standard InChI is InChI=1S/C22H26N2O3/c1-15-13-17(16-7-9-18(26-2)10-8-16)14-19(23-15)20-5-3-11-24(20)22(25)21-6-4-12-27-21/h7-10,13-14,20-21H,3-6,11-12H2,1-2H3/t20-,21-/m1/s1. The Kier molecular flexibility index (Phi) is 5.12. The first kappa shape index (κ1) is 18.0. The number of hydrogen-bond donors (Lipinski definition) is 0. The fourth-order valence-corrected chi connectivity index (χ4v) is 4.11. The van der Waals surface area contributed by atoms with Crippen molar-refractivity contribution in [2.45, 2.75) is 44.8 Å². The molecule has 5 nitrogen and oxygen atoms in total. The minimum Gasteiger partial charge on any atom is -0.497 e. The van der Waals surface area contributed by atoms with Crippen LogP contribution in [0.4, 0.5) is 0 Å². The third-order valence-electron chi connectivity index (χ3n) is 5.48. The van der Waals surface area contributed by atoms with Gasteiger partial charge in [-0.1, -0.05) is 12.1 Å². The SMILES string of the molecule is COc1ccc(-c2cc(C)nc([C@H]3CCCN3C(=O)[C@H]3CCCO3)c2)cc1. The van der Waals surface area contributed by atoms with Gasteiger partial charge in [0.2, 0.25) is 0 Å². The second-order valence-corrected chi connectivity index (χ2v) is 7.34. The van der Waals surface area contributed by atoms with Crippen LogP contribution in [0.2, 0.25) is 0 Å². The summed E-state index contributed by atoms with van der Waals surface area (Å²) in [6.45, 7) is 3.49. The zero-order valence-electron chi connectivity index (χ0n) is 16.0. The Hall–Kier alpha value is -2.40. The minimum absolute atomic E-state index is 0.0404. The first-order valence-electron chi connectivity index (χ1n) is 9.71. The summed E-state index contributed by atoms with van der Waals surface area (Å²) < 4.78 is 10.9. The molecule has 1 aromatic carbocycles. The van der Waals surface area contributed by atoms with Gasteiger partial charge in [0.05, 0.1) is 18.8 Å². The van der Waals surface area contributed by atoms with Crippen LogP contribution in [-0.4, -0.2) is 42.2 Å². The van der Waals surface area contributed by atoms with Crippen LogP contribution in [0.3, 0.4) is 0 Å². The van der Waals surface area contributed by atoms with Gasteiger partial charge in [0, 0.05) is 18.8 Å². The number of methoxy groups -OCH3 is 1. The molecule has 0 N–H and O–H groups in total. The van der Waals surface area contributed by atoms with Gasteiger partial charge < -0.3 is 14.4 Å². The highest BCUT2D eigenvalue weighted by Crippen LogP contribution is 2.35. The van der Waals surface area contributed by atoms with Crippen LogP contribution in [0.5, 0.6) is 5.75 Å². The largest absolute Gasteiger partial charge is 0.497 e. The van der Waals surface area contributed by atoms with Gasteiger partial charge in [-0.05, 0) is 68.0 Å². The summed E-state index contributed by atoms with van der Waals surface area (Å²) in [5.41, 5.74) is 4.19. The maximum Gasteiger partial charge on any atom is 0.252 e. The van der Waals surface area contributed by atoms with Crippen molar-refractivity contribution in [2.75, 3.05) is 20.3 Å². The number of nitrogens with zero attached hydrogens (tertiary/aromatic N) is 2. The molecule has 4 rings (SSSR count). The zero-order valence-corrected chi connectivity index (χ0v) is 16.0. The number of aryl methyl sites for hydroxylation is 1. The number of ether oxygens (including phenoxy) is 2. The van der Waals surface area contributed by atoms with Gasteiger partial charge in [0.1, 0.15) is 11.9 Å². The Morgan fingerprint density at radius 3 is 2.67 bits per heavy atom. The first-order chi connectivity index (χ1) is 13.2. The monoisotopic (exact) mass is 366 g/mol. The number of carbonyl (C=O) groups is 1. The summed E-state index contributed by atoms with van der Waals surface area (Å²) in [7, 11) is 1.67. The molecule has 2 aliphatic rings. The van der Waals surface area contributed by atoms with E-state index in [-0.39, 0.29) is 18.1 Å². The predicted molar refractivity (Wildman–Crippen MR) is 104 cm³/mol. The fourth-order valence-electron chi connectivity index (χ4n) is 4.11. The van der Waals surface area contributed by atoms with Gasteiger partial charge in [-0.2, -0.15) is 0 Å². The topological polar surface area (TPSA) is 51.7 Å². The van der Waals surface area contributed by atoms with Crippen molar-refractivity contribution in [1.82, 2.24) is 9.88 Å². The van der Waals surface area contributed by atoms with E-state index in [0.29, 0.717) is 6.61 Å². The fraction of sp³-hybridized carbons (Fsp3) is 0.455. The molecule has 2 aliphatic heterocycles. The molecular formula is C22H26N2O3. The maximum absolute atomic E-state index is 12.9. The highest BCUT2D eigenvalue weighted by atomic mass is 16.5. The van der Waals surface area contributed by atoms with Gasteiger partial charge in [-0.3, -0.25) is 9.78 Å². The normalized spacial score (nSPS) is 22.2. The van der Waals surface area contributed by atoms with Crippen LogP contribution in [0.1, 0.15) is 43.1 Å². The molecule has 0 radical (unpaired) electrons. The predicted octanol–water partition coefficient (Wildman–Crippen LogP) is 3.91. The number of benzene rings is 1. The van der Waals surface area contributed by atoms with Gasteiger partial charge in [-0.15, -0.1) is 0 Å². The molecular weight excluding hydrogens is 340 g/mol. The molecule has 27 heavy (non-hydrogen) atoms. The van der Waals surface area contributed by atoms with E-state index in [0.717, 1.165) is 60.5 Å². The van der Waals surface area contributed by atoms with Gasteiger partial charge in [0.25, 0.3) is 5.91 Å². The molecule has 2 atom stereocenters. The number of likely N-dealkylation sites (tertiary alicyclic amines) is 1. The van der Waals surface area contributed by atoms with Crippen molar-refractivity contribution in [3.8, 4) is 16.9 Å². The second-order valence-electron chi connectivity index (χ2n) is 7.34. The van der Waals surface area contributed by atoms with Crippen LogP contribution in [0, 0.1) is 6.92 Å². The average molecular weight is 366 g/mol. The van der Waals surface area contributed by atoms with E-state index in [2.05, 4.69) is 24.3 Å². The quantitative estimate of drug-likeness (QED) is 0.823. The summed E-state index contributed by atoms with van der Waals surface area (Å²) in [6.07, 6.45) is 3.50. The molecule has 2 aromatic rings. The second kappa shape index (κ2) is 7.69. The first-order valence-corrected chi connectivity index (χ1v) is 9.71. The van der Waals surface area contributed by atoms with Crippen molar-refractivity contribution in [3.05, 3.63) is 47.8 Å². The highest BCUT2D eigenvalue weighted by molar-refractivity contribution is 5.82. The van der Waals surface area contributed by atoms with Crippen LogP contribution in [0.25, 0.3) is 11.1 Å². The van der Waals surface area contributed by atoms with E-state index < -0.39 is 0 Å². The zero-order chi connectivity index (χ0) is 18.8. The van der Waals surface area contributed by atoms with E-state index in [1.807, 2.05) is 24.0 Å². The Morgan fingerprint density at radius 1 is 1.15 bits per heavy atom. The number of pyridine rings is 1. The van der Waals surface area contributed by atoms with E-state index >= 15 is 0 Å². The number of hydrogen-bond acceptors (Lipinski definition) is 4. The lowest BCUT2D eigenvalue weighted by molar-refractivity contribution is -0.142. The number of rotatable bonds is 4. The number of amides is 1. The van der Waals surface area contributed by atoms with Crippen molar-refractivity contribution >= 4 is 5.91 Å². The van der Waals surface area contributed by atoms with Crippen molar-refractivity contribution in [3.63, 3.8) is 0 Å². The molecule has 0 saturated carbocycles. The third kappa shape index (κ3) is 3.69. The molecule has 0 unspecified atom stereocenters. The molecule has 3 heterocycles. The maximum atomic E-state index is 12.9. The van der Waals surface area contributed by atoms with E-state index in [4.69, 9.17) is 14.5 Å². The van der Waals surface area contributed by atoms with Crippen LogP contribution < -0.4 is 4.74 Å². The van der Waals surface area contributed by atoms with Crippen LogP contribution in [0.15, 0.2) is 36.4 Å². The van der Waals surface area contributed by atoms with Gasteiger partial charge >= 0.3 is 0 Å². The van der Waals surface area contributed by atoms with E-state index in [1.54, 1.807) is 7.11 Å². The van der Waals surface area contributed by atoms with Crippen molar-refractivity contribution < 1.29 is 14.3 Å². The van der Waals surface area contributed by atoms with Crippen molar-refractivity contribution in [1.29, 1.82) is 0 Å². The summed E-state index contributed by atoms with van der Waals surface area (Å²) in [5, 5.41) is 0. The van der Waals surface area contributed by atoms with Gasteiger partial charge in [-0.25, -0.2) is 0 Å². The summed E-state index contributed by atoms with van der Waals surface area (Å²) >= 11 is 0. The Morgan fingerprint density at radius 2 is 1.96 bits per heavy atom. The summed E-state index contributed by atoms with van der Waals surface area (Å²) in [5.74, 6) is 0.971. The van der Waals surface area contributed by atoms with Gasteiger partial charge in [0.15, 0.2) is 0 Å². The molecule has 0 aliphatic carbocycles. The lowest BCUT2D eigenvalue weighted by atomic mass is 10.0. The molecule has 1 aromatic heterocycles. The van der Waals surface area contributed by atoms with E-state index in [1.165, 1.54) is 0 Å². The number of aromatic nitrogens is 1. The molecule has 1 amide bonds. The Bertz CT molecular complexity index is 813. The lowest BCUT2D eigenvalue weighted by Crippen LogP contribution is -2.38. The average Bonchev–Trinajstić information content (AvgIpc) is 3.39. The Balaban J connectivity index is 1.62. The molecule has 2 fully saturated rings. The molecule has 142 valence electrons. The Labute approximate surface area is 160 Å². The number of carbonyl (C=O) groups excluding carboxylic acids is 1. The molecule has 2 saturated heterocycles. The summed E-state index contributed by atoms with van der Waals surface area (Å²) in [6, 6.07) is 12.3. The molecule has 5 heteroatoms. The molecule has 0 bridgehead atoms. The minimum atomic E-state index is -0.267. The van der Waals surface area contributed by atoms with Crippen LogP contribution in [-0.2, 0) is 9.53 Å². The molecule has 0 spiro atoms. The smallest absolute Gasteiger partial charge is 0.252 e. The highest BCUT2D eigenvalue weighted by Gasteiger charge is 2.36. The third-order valence-corrected chi connectivity index (χ3v) is 5.48. The van der Waals surface area contributed by atoms with E-state index in [9.17, 15) is 4.79 Å². The lowest BCUT2D eigenvalue weighted by Gasteiger charge is -2.27. The van der Waals surface area contributed by atoms with Crippen LogP contribution >= 0.6 is 0 Å².